The van der Waals surface area contributed by atoms with Crippen LogP contribution >= 0.6 is 0 Å². The van der Waals surface area contributed by atoms with E-state index in [0.717, 1.165) is 22.2 Å². The van der Waals surface area contributed by atoms with Crippen LogP contribution in [0.3, 0.4) is 0 Å². The van der Waals surface area contributed by atoms with Gasteiger partial charge in [0.25, 0.3) is 0 Å². The highest BCUT2D eigenvalue weighted by Crippen LogP contribution is 2.23. The molecule has 1 nitrogen and oxygen atoms in total. The Morgan fingerprint density at radius 3 is 2.50 bits per heavy atom. The first-order valence-corrected chi connectivity index (χ1v) is 6.78. The van der Waals surface area contributed by atoms with Crippen LogP contribution in [0.4, 0.5) is 0 Å². The molecule has 1 heterocycles. The minimum atomic E-state index is 1.02. The molecule has 3 aromatic rings. The maximum absolute atomic E-state index is 4.76. The van der Waals surface area contributed by atoms with Gasteiger partial charge >= 0.3 is 0 Å². The Hall–Kier alpha value is -2.41. The summed E-state index contributed by atoms with van der Waals surface area (Å²) in [6, 6.07) is 16.9. The summed E-state index contributed by atoms with van der Waals surface area (Å²) < 4.78 is 0. The number of nitrogens with zero attached hydrogens (tertiary/aromatic N) is 1. The van der Waals surface area contributed by atoms with Crippen molar-refractivity contribution in [1.29, 1.82) is 0 Å². The van der Waals surface area contributed by atoms with Crippen LogP contribution in [-0.2, 0) is 0 Å². The van der Waals surface area contributed by atoms with Crippen molar-refractivity contribution in [3.05, 3.63) is 71.8 Å². The molecular formula is C19H17N. The van der Waals surface area contributed by atoms with E-state index in [0.29, 0.717) is 0 Å². The van der Waals surface area contributed by atoms with E-state index >= 15 is 0 Å². The highest BCUT2D eigenvalue weighted by atomic mass is 14.7. The Bertz CT molecular complexity index is 800. The Morgan fingerprint density at radius 1 is 0.900 bits per heavy atom. The number of pyridine rings is 1. The summed E-state index contributed by atoms with van der Waals surface area (Å²) in [7, 11) is 0. The number of benzene rings is 2. The molecule has 0 aliphatic rings. The molecule has 20 heavy (non-hydrogen) atoms. The first kappa shape index (κ1) is 12.6. The van der Waals surface area contributed by atoms with E-state index in [-0.39, 0.29) is 0 Å². The van der Waals surface area contributed by atoms with Crippen molar-refractivity contribution in [3.63, 3.8) is 0 Å². The molecule has 0 radical (unpaired) electrons. The largest absolute Gasteiger partial charge is 0.248 e. The van der Waals surface area contributed by atoms with Crippen molar-refractivity contribution >= 4 is 17.0 Å². The molecule has 0 spiro atoms. The summed E-state index contributed by atoms with van der Waals surface area (Å²) in [6.45, 7) is 8.06. The number of rotatable bonds is 2. The molecule has 0 aliphatic carbocycles. The molecule has 0 saturated carbocycles. The molecule has 3 rings (SSSR count). The summed E-state index contributed by atoms with van der Waals surface area (Å²) in [5, 5.41) is 1.15. The molecular weight excluding hydrogens is 242 g/mol. The van der Waals surface area contributed by atoms with E-state index in [1.54, 1.807) is 0 Å². The fraction of sp³-hybridized carbons (Fsp3) is 0.105. The highest BCUT2D eigenvalue weighted by molar-refractivity contribution is 5.83. The molecule has 0 saturated heterocycles. The van der Waals surface area contributed by atoms with E-state index in [1.165, 1.54) is 16.7 Å². The van der Waals surface area contributed by atoms with E-state index in [9.17, 15) is 0 Å². The summed E-state index contributed by atoms with van der Waals surface area (Å²) in [5.74, 6) is 0. The van der Waals surface area contributed by atoms with Gasteiger partial charge < -0.3 is 0 Å². The number of aromatic nitrogens is 1. The second-order valence-electron chi connectivity index (χ2n) is 5.15. The normalized spacial score (nSPS) is 10.7. The number of fused-ring (bicyclic) bond motifs is 1. The topological polar surface area (TPSA) is 12.9 Å². The van der Waals surface area contributed by atoms with Gasteiger partial charge in [0.2, 0.25) is 0 Å². The lowest BCUT2D eigenvalue weighted by atomic mass is 10.0. The van der Waals surface area contributed by atoms with Gasteiger partial charge in [-0.25, -0.2) is 4.98 Å². The first-order chi connectivity index (χ1) is 9.67. The van der Waals surface area contributed by atoms with Crippen molar-refractivity contribution in [2.24, 2.45) is 0 Å². The van der Waals surface area contributed by atoms with Gasteiger partial charge in [-0.2, -0.15) is 0 Å². The van der Waals surface area contributed by atoms with E-state index in [1.807, 2.05) is 12.1 Å². The summed E-state index contributed by atoms with van der Waals surface area (Å²) in [5.41, 5.74) is 6.94. The standard InChI is InChI=1S/C19H17N/c1-4-15-6-9-18-17(12-15)8-10-19(20-18)16-7-5-13(2)14(3)11-16/h4-12H,1H2,2-3H3. The summed E-state index contributed by atoms with van der Waals surface area (Å²) in [6.07, 6.45) is 1.86. The van der Waals surface area contributed by atoms with Crippen LogP contribution in [0, 0.1) is 13.8 Å². The zero-order valence-electron chi connectivity index (χ0n) is 11.9. The molecule has 0 unspecified atom stereocenters. The van der Waals surface area contributed by atoms with Crippen LogP contribution in [0.5, 0.6) is 0 Å². The Balaban J connectivity index is 2.12. The van der Waals surface area contributed by atoms with Crippen LogP contribution < -0.4 is 0 Å². The van der Waals surface area contributed by atoms with Gasteiger partial charge in [0.05, 0.1) is 11.2 Å². The number of hydrogen-bond acceptors (Lipinski definition) is 1. The summed E-state index contributed by atoms with van der Waals surface area (Å²) in [4.78, 5) is 4.76. The summed E-state index contributed by atoms with van der Waals surface area (Å²) >= 11 is 0. The van der Waals surface area contributed by atoms with Gasteiger partial charge in [0.1, 0.15) is 0 Å². The zero-order valence-corrected chi connectivity index (χ0v) is 11.9. The number of aryl methyl sites for hydroxylation is 2. The van der Waals surface area contributed by atoms with Crippen LogP contribution in [0.25, 0.3) is 28.2 Å². The van der Waals surface area contributed by atoms with Crippen molar-refractivity contribution in [1.82, 2.24) is 4.98 Å². The lowest BCUT2D eigenvalue weighted by Gasteiger charge is -2.06. The second kappa shape index (κ2) is 4.93. The molecule has 1 heteroatoms. The monoisotopic (exact) mass is 259 g/mol. The minimum Gasteiger partial charge on any atom is -0.248 e. The van der Waals surface area contributed by atoms with Crippen LogP contribution in [-0.4, -0.2) is 4.98 Å². The minimum absolute atomic E-state index is 1.02. The van der Waals surface area contributed by atoms with Crippen molar-refractivity contribution in [2.45, 2.75) is 13.8 Å². The Labute approximate surface area is 119 Å². The van der Waals surface area contributed by atoms with Gasteiger partial charge in [-0.3, -0.25) is 0 Å². The maximum atomic E-state index is 4.76. The van der Waals surface area contributed by atoms with E-state index in [4.69, 9.17) is 4.98 Å². The van der Waals surface area contributed by atoms with Gasteiger partial charge in [0, 0.05) is 10.9 Å². The van der Waals surface area contributed by atoms with E-state index in [2.05, 4.69) is 62.9 Å². The first-order valence-electron chi connectivity index (χ1n) is 6.78. The zero-order chi connectivity index (χ0) is 14.1. The molecule has 98 valence electrons. The third kappa shape index (κ3) is 2.23. The molecule has 0 bridgehead atoms. The second-order valence-corrected chi connectivity index (χ2v) is 5.15. The molecule has 0 aliphatic heterocycles. The lowest BCUT2D eigenvalue weighted by molar-refractivity contribution is 1.32. The lowest BCUT2D eigenvalue weighted by Crippen LogP contribution is -1.88. The van der Waals surface area contributed by atoms with Gasteiger partial charge in [0.15, 0.2) is 0 Å². The van der Waals surface area contributed by atoms with Gasteiger partial charge in [-0.1, -0.05) is 36.9 Å². The van der Waals surface area contributed by atoms with Gasteiger partial charge in [-0.05, 0) is 54.8 Å². The average Bonchev–Trinajstić information content (AvgIpc) is 2.49. The van der Waals surface area contributed by atoms with Crippen molar-refractivity contribution in [3.8, 4) is 11.3 Å². The fourth-order valence-corrected chi connectivity index (χ4v) is 2.33. The molecule has 0 atom stereocenters. The smallest absolute Gasteiger partial charge is 0.0709 e. The third-order valence-corrected chi connectivity index (χ3v) is 3.75. The van der Waals surface area contributed by atoms with Crippen molar-refractivity contribution in [2.75, 3.05) is 0 Å². The highest BCUT2D eigenvalue weighted by Gasteiger charge is 2.03. The molecule has 0 fully saturated rings. The molecule has 0 amide bonds. The van der Waals surface area contributed by atoms with Crippen molar-refractivity contribution < 1.29 is 0 Å². The molecule has 0 N–H and O–H groups in total. The van der Waals surface area contributed by atoms with E-state index < -0.39 is 0 Å². The van der Waals surface area contributed by atoms with Crippen LogP contribution in [0.2, 0.25) is 0 Å². The Morgan fingerprint density at radius 2 is 1.75 bits per heavy atom. The maximum Gasteiger partial charge on any atom is 0.0709 e. The SMILES string of the molecule is C=Cc1ccc2nc(-c3ccc(C)c(C)c3)ccc2c1. The Kier molecular flexibility index (Phi) is 3.11. The number of hydrogen-bond donors (Lipinski definition) is 0. The molecule has 1 aromatic heterocycles. The third-order valence-electron chi connectivity index (χ3n) is 3.75. The quantitative estimate of drug-likeness (QED) is 0.619. The van der Waals surface area contributed by atoms with Gasteiger partial charge in [-0.15, -0.1) is 0 Å². The average molecular weight is 259 g/mol. The predicted octanol–water partition coefficient (Wildman–Crippen LogP) is 5.16. The van der Waals surface area contributed by atoms with Crippen LogP contribution in [0.1, 0.15) is 16.7 Å². The fourth-order valence-electron chi connectivity index (χ4n) is 2.33. The predicted molar refractivity (Wildman–Crippen MR) is 86.7 cm³/mol. The molecule has 2 aromatic carbocycles. The van der Waals surface area contributed by atoms with Crippen LogP contribution in [0.15, 0.2) is 55.1 Å².